The minimum atomic E-state index is -3.81. The summed E-state index contributed by atoms with van der Waals surface area (Å²) in [6.45, 7) is 4.92. The molecule has 0 aliphatic carbocycles. The zero-order valence-corrected chi connectivity index (χ0v) is 15.0. The second-order valence-corrected chi connectivity index (χ2v) is 7.63. The van der Waals surface area contributed by atoms with Gasteiger partial charge in [-0.25, -0.2) is 8.42 Å². The van der Waals surface area contributed by atoms with Crippen molar-refractivity contribution in [3.05, 3.63) is 33.9 Å². The molecule has 0 atom stereocenters. The molecule has 1 heterocycles. The summed E-state index contributed by atoms with van der Waals surface area (Å²) < 4.78 is 31.6. The van der Waals surface area contributed by atoms with E-state index in [2.05, 4.69) is 0 Å². The van der Waals surface area contributed by atoms with Crippen molar-refractivity contribution < 1.29 is 22.9 Å². The van der Waals surface area contributed by atoms with Crippen molar-refractivity contribution in [3.63, 3.8) is 0 Å². The zero-order chi connectivity index (χ0) is 18.6. The summed E-state index contributed by atoms with van der Waals surface area (Å²) in [5.74, 6) is -0.340. The van der Waals surface area contributed by atoms with E-state index in [9.17, 15) is 23.3 Å². The summed E-state index contributed by atoms with van der Waals surface area (Å²) in [6.07, 6.45) is 0. The smallest absolute Gasteiger partial charge is 0.320 e. The number of piperazine rings is 1. The molecular formula is C15H21N3O6S. The first-order valence-electron chi connectivity index (χ1n) is 7.89. The molecule has 1 saturated heterocycles. The summed E-state index contributed by atoms with van der Waals surface area (Å²) in [5.41, 5.74) is 0.185. The van der Waals surface area contributed by atoms with E-state index in [-0.39, 0.29) is 36.2 Å². The largest absolute Gasteiger partial charge is 0.465 e. The van der Waals surface area contributed by atoms with Gasteiger partial charge in [-0.05, 0) is 19.9 Å². The highest BCUT2D eigenvalue weighted by molar-refractivity contribution is 7.89. The van der Waals surface area contributed by atoms with E-state index >= 15 is 0 Å². The molecule has 1 aromatic carbocycles. The van der Waals surface area contributed by atoms with Crippen LogP contribution in [0.15, 0.2) is 23.1 Å². The van der Waals surface area contributed by atoms with E-state index in [0.717, 1.165) is 6.07 Å². The van der Waals surface area contributed by atoms with Gasteiger partial charge in [-0.3, -0.25) is 19.8 Å². The van der Waals surface area contributed by atoms with E-state index in [1.165, 1.54) is 16.4 Å². The van der Waals surface area contributed by atoms with Gasteiger partial charge < -0.3 is 4.74 Å². The Morgan fingerprint density at radius 1 is 1.28 bits per heavy atom. The predicted octanol–water partition coefficient (Wildman–Crippen LogP) is 0.773. The van der Waals surface area contributed by atoms with Crippen LogP contribution in [0.25, 0.3) is 0 Å². The van der Waals surface area contributed by atoms with Crippen LogP contribution in [0.4, 0.5) is 5.69 Å². The van der Waals surface area contributed by atoms with Crippen LogP contribution in [0.1, 0.15) is 12.5 Å². The number of nitro benzene ring substituents is 1. The van der Waals surface area contributed by atoms with Crippen LogP contribution in [-0.4, -0.2) is 67.8 Å². The second kappa shape index (κ2) is 7.89. The fourth-order valence-electron chi connectivity index (χ4n) is 2.61. The van der Waals surface area contributed by atoms with Gasteiger partial charge in [-0.15, -0.1) is 0 Å². The van der Waals surface area contributed by atoms with Crippen molar-refractivity contribution in [2.75, 3.05) is 39.3 Å². The van der Waals surface area contributed by atoms with Gasteiger partial charge in [0.15, 0.2) is 0 Å². The number of nitrogens with zero attached hydrogens (tertiary/aromatic N) is 3. The number of benzene rings is 1. The summed E-state index contributed by atoms with van der Waals surface area (Å²) >= 11 is 0. The molecule has 1 fully saturated rings. The quantitative estimate of drug-likeness (QED) is 0.413. The maximum absolute atomic E-state index is 12.7. The number of nitro groups is 1. The molecular weight excluding hydrogens is 350 g/mol. The lowest BCUT2D eigenvalue weighted by molar-refractivity contribution is -0.385. The van der Waals surface area contributed by atoms with Crippen molar-refractivity contribution in [2.45, 2.75) is 18.7 Å². The molecule has 0 bridgehead atoms. The zero-order valence-electron chi connectivity index (χ0n) is 14.2. The Labute approximate surface area is 146 Å². The van der Waals surface area contributed by atoms with Crippen molar-refractivity contribution >= 4 is 21.7 Å². The molecule has 1 aliphatic heterocycles. The van der Waals surface area contributed by atoms with Crippen LogP contribution in [0, 0.1) is 17.0 Å². The van der Waals surface area contributed by atoms with Crippen LogP contribution in [0.5, 0.6) is 0 Å². The third kappa shape index (κ3) is 4.53. The summed E-state index contributed by atoms with van der Waals surface area (Å²) in [7, 11) is -3.81. The fraction of sp³-hybridized carbons (Fsp3) is 0.533. The molecule has 0 amide bonds. The number of rotatable bonds is 6. The lowest BCUT2D eigenvalue weighted by atomic mass is 10.2. The van der Waals surface area contributed by atoms with Crippen molar-refractivity contribution in [1.29, 1.82) is 0 Å². The number of carbonyl (C=O) groups is 1. The number of aryl methyl sites for hydroxylation is 1. The van der Waals surface area contributed by atoms with Crippen LogP contribution in [0.3, 0.4) is 0 Å². The fourth-order valence-corrected chi connectivity index (χ4v) is 4.06. The topological polar surface area (TPSA) is 110 Å². The molecule has 0 unspecified atom stereocenters. The third-order valence-electron chi connectivity index (χ3n) is 4.00. The average molecular weight is 371 g/mol. The SMILES string of the molecule is CCOC(=O)CN1CCN(S(=O)(=O)c2ccc(C)c([N+](=O)[O-])c2)CC1. The first-order chi connectivity index (χ1) is 11.8. The van der Waals surface area contributed by atoms with E-state index in [0.29, 0.717) is 25.3 Å². The first-order valence-corrected chi connectivity index (χ1v) is 9.33. The predicted molar refractivity (Wildman–Crippen MR) is 89.7 cm³/mol. The highest BCUT2D eigenvalue weighted by atomic mass is 32.2. The first kappa shape index (κ1) is 19.3. The molecule has 9 nitrogen and oxygen atoms in total. The van der Waals surface area contributed by atoms with Gasteiger partial charge in [-0.2, -0.15) is 4.31 Å². The Morgan fingerprint density at radius 3 is 2.48 bits per heavy atom. The van der Waals surface area contributed by atoms with Gasteiger partial charge in [0.25, 0.3) is 5.69 Å². The molecule has 0 aromatic heterocycles. The molecule has 0 radical (unpaired) electrons. The van der Waals surface area contributed by atoms with E-state index in [4.69, 9.17) is 4.74 Å². The minimum absolute atomic E-state index is 0.0938. The summed E-state index contributed by atoms with van der Waals surface area (Å²) in [4.78, 5) is 23.6. The van der Waals surface area contributed by atoms with Gasteiger partial charge in [0.2, 0.25) is 10.0 Å². The van der Waals surface area contributed by atoms with Gasteiger partial charge in [0.1, 0.15) is 0 Å². The van der Waals surface area contributed by atoms with Gasteiger partial charge >= 0.3 is 5.97 Å². The van der Waals surface area contributed by atoms with Crippen molar-refractivity contribution in [3.8, 4) is 0 Å². The van der Waals surface area contributed by atoms with E-state index in [1.54, 1.807) is 13.8 Å². The highest BCUT2D eigenvalue weighted by Crippen LogP contribution is 2.25. The van der Waals surface area contributed by atoms with E-state index < -0.39 is 14.9 Å². The van der Waals surface area contributed by atoms with Gasteiger partial charge in [0, 0.05) is 37.8 Å². The summed E-state index contributed by atoms with van der Waals surface area (Å²) in [5, 5.41) is 11.0. The van der Waals surface area contributed by atoms with Gasteiger partial charge in [0.05, 0.1) is 23.0 Å². The number of hydrogen-bond donors (Lipinski definition) is 0. The standard InChI is InChI=1S/C15H21N3O6S/c1-3-24-15(19)11-16-6-8-17(9-7-16)25(22,23)13-5-4-12(2)14(10-13)18(20)21/h4-5,10H,3,6-9,11H2,1-2H3. The number of sulfonamides is 1. The molecule has 0 spiro atoms. The molecule has 0 saturated carbocycles. The third-order valence-corrected chi connectivity index (χ3v) is 5.90. The molecule has 25 heavy (non-hydrogen) atoms. The monoisotopic (exact) mass is 371 g/mol. The van der Waals surface area contributed by atoms with Gasteiger partial charge in [-0.1, -0.05) is 6.07 Å². The Kier molecular flexibility index (Phi) is 6.09. The number of carbonyl (C=O) groups excluding carboxylic acids is 1. The molecule has 1 aromatic rings. The average Bonchev–Trinajstić information content (AvgIpc) is 2.55. The normalized spacial score (nSPS) is 16.6. The van der Waals surface area contributed by atoms with Crippen LogP contribution >= 0.6 is 0 Å². The summed E-state index contributed by atoms with van der Waals surface area (Å²) in [6, 6.07) is 3.90. The Bertz CT molecular complexity index is 757. The molecule has 2 rings (SSSR count). The highest BCUT2D eigenvalue weighted by Gasteiger charge is 2.30. The molecule has 138 valence electrons. The minimum Gasteiger partial charge on any atom is -0.465 e. The Balaban J connectivity index is 2.08. The maximum Gasteiger partial charge on any atom is 0.320 e. The maximum atomic E-state index is 12.7. The lowest BCUT2D eigenvalue weighted by Crippen LogP contribution is -2.49. The lowest BCUT2D eigenvalue weighted by Gasteiger charge is -2.33. The van der Waals surface area contributed by atoms with E-state index in [1.807, 2.05) is 4.90 Å². The second-order valence-electron chi connectivity index (χ2n) is 5.69. The molecule has 0 N–H and O–H groups in total. The Hall–Kier alpha value is -2.04. The van der Waals surface area contributed by atoms with Crippen molar-refractivity contribution in [1.82, 2.24) is 9.21 Å². The van der Waals surface area contributed by atoms with Crippen molar-refractivity contribution in [2.24, 2.45) is 0 Å². The number of esters is 1. The number of hydrogen-bond acceptors (Lipinski definition) is 7. The molecule has 1 aliphatic rings. The van der Waals surface area contributed by atoms with Crippen LogP contribution < -0.4 is 0 Å². The van der Waals surface area contributed by atoms with Crippen LogP contribution in [0.2, 0.25) is 0 Å². The van der Waals surface area contributed by atoms with Crippen LogP contribution in [-0.2, 0) is 19.6 Å². The Morgan fingerprint density at radius 2 is 1.92 bits per heavy atom. The number of ether oxygens (including phenoxy) is 1. The molecule has 10 heteroatoms.